The topological polar surface area (TPSA) is 99.0 Å². The standard InChI is InChI=1S/C31H41N5O4/c1-21-16-34(25(19-39-7)17-35(21)29(38)40-30(2,3)4)18-28(37)36-20-31(5,6)26-15-33-24(13-27(26)36)12-22-9-8-10-23(11-22)14-32/h8-11,13,15,21,25H,12,16-20H2,1-7H3/t21-,25-/m1/s1. The summed E-state index contributed by atoms with van der Waals surface area (Å²) < 4.78 is 11.1. The second kappa shape index (κ2) is 11.6. The Bertz CT molecular complexity index is 1300. The molecule has 2 amide bonds. The number of rotatable bonds is 6. The second-order valence-electron chi connectivity index (χ2n) is 12.6. The van der Waals surface area contributed by atoms with Crippen LogP contribution in [0.5, 0.6) is 0 Å². The summed E-state index contributed by atoms with van der Waals surface area (Å²) in [6, 6.07) is 11.5. The zero-order valence-electron chi connectivity index (χ0n) is 24.7. The molecule has 0 radical (unpaired) electrons. The van der Waals surface area contributed by atoms with Crippen LogP contribution in [-0.4, -0.2) is 84.4 Å². The maximum Gasteiger partial charge on any atom is 0.410 e. The molecule has 2 aliphatic heterocycles. The minimum absolute atomic E-state index is 0.00877. The lowest BCUT2D eigenvalue weighted by molar-refractivity contribution is -0.121. The van der Waals surface area contributed by atoms with Crippen molar-refractivity contribution >= 4 is 17.7 Å². The van der Waals surface area contributed by atoms with Gasteiger partial charge in [0, 0.05) is 62.1 Å². The molecule has 1 fully saturated rings. The molecule has 3 heterocycles. The number of anilines is 1. The normalized spacial score (nSPS) is 20.6. The molecule has 40 heavy (non-hydrogen) atoms. The predicted molar refractivity (Wildman–Crippen MR) is 153 cm³/mol. The molecule has 1 aromatic carbocycles. The quantitative estimate of drug-likeness (QED) is 0.536. The Labute approximate surface area is 237 Å². The van der Waals surface area contributed by atoms with Crippen LogP contribution in [0.25, 0.3) is 0 Å². The molecule has 2 atom stereocenters. The van der Waals surface area contributed by atoms with Gasteiger partial charge in [0.1, 0.15) is 5.60 Å². The summed E-state index contributed by atoms with van der Waals surface area (Å²) in [7, 11) is 1.63. The fourth-order valence-corrected chi connectivity index (χ4v) is 5.56. The first-order valence-electron chi connectivity index (χ1n) is 13.8. The fraction of sp³-hybridized carbons (Fsp3) is 0.548. The Hall–Kier alpha value is -3.48. The molecule has 0 aliphatic carbocycles. The van der Waals surface area contributed by atoms with Gasteiger partial charge in [-0.05, 0) is 51.5 Å². The number of hydrogen-bond donors (Lipinski definition) is 0. The average Bonchev–Trinajstić information content (AvgIpc) is 3.14. The van der Waals surface area contributed by atoms with Crippen molar-refractivity contribution in [2.75, 3.05) is 44.8 Å². The van der Waals surface area contributed by atoms with Crippen molar-refractivity contribution in [3.63, 3.8) is 0 Å². The highest BCUT2D eigenvalue weighted by Gasteiger charge is 2.41. The molecule has 2 aromatic rings. The third-order valence-electron chi connectivity index (χ3n) is 7.53. The number of ether oxygens (including phenoxy) is 2. The second-order valence-corrected chi connectivity index (χ2v) is 12.6. The number of hydrogen-bond acceptors (Lipinski definition) is 7. The van der Waals surface area contributed by atoms with Crippen molar-refractivity contribution < 1.29 is 19.1 Å². The first-order chi connectivity index (χ1) is 18.8. The summed E-state index contributed by atoms with van der Waals surface area (Å²) in [5, 5.41) is 9.25. The number of nitrogens with zero attached hydrogens (tertiary/aromatic N) is 5. The molecule has 0 saturated carbocycles. The number of pyridine rings is 1. The van der Waals surface area contributed by atoms with Crippen LogP contribution in [0.1, 0.15) is 63.9 Å². The van der Waals surface area contributed by atoms with Crippen LogP contribution < -0.4 is 4.90 Å². The summed E-state index contributed by atoms with van der Waals surface area (Å²) in [6.07, 6.45) is 2.12. The van der Waals surface area contributed by atoms with Crippen molar-refractivity contribution in [2.24, 2.45) is 0 Å². The van der Waals surface area contributed by atoms with Gasteiger partial charge in [0.25, 0.3) is 0 Å². The van der Waals surface area contributed by atoms with Crippen LogP contribution in [0.3, 0.4) is 0 Å². The molecule has 214 valence electrons. The van der Waals surface area contributed by atoms with E-state index in [9.17, 15) is 14.9 Å². The SMILES string of the molecule is COC[C@H]1CN(C(=O)OC(C)(C)C)[C@H](C)CN1CC(=O)N1CC(C)(C)c2cnc(Cc3cccc(C#N)c3)cc21. The monoisotopic (exact) mass is 547 g/mol. The Morgan fingerprint density at radius 3 is 2.62 bits per heavy atom. The Morgan fingerprint density at radius 2 is 1.95 bits per heavy atom. The molecule has 1 saturated heterocycles. The number of aromatic nitrogens is 1. The van der Waals surface area contributed by atoms with Gasteiger partial charge in [-0.2, -0.15) is 5.26 Å². The molecule has 2 aliphatic rings. The van der Waals surface area contributed by atoms with Crippen molar-refractivity contribution in [3.8, 4) is 6.07 Å². The van der Waals surface area contributed by atoms with Crippen LogP contribution in [0.15, 0.2) is 36.5 Å². The third kappa shape index (κ3) is 6.62. The van der Waals surface area contributed by atoms with Gasteiger partial charge in [0.15, 0.2) is 0 Å². The van der Waals surface area contributed by atoms with Crippen molar-refractivity contribution in [2.45, 2.75) is 71.1 Å². The van der Waals surface area contributed by atoms with E-state index < -0.39 is 5.60 Å². The van der Waals surface area contributed by atoms with Gasteiger partial charge in [-0.25, -0.2) is 4.79 Å². The minimum atomic E-state index is -0.581. The van der Waals surface area contributed by atoms with Crippen LogP contribution in [0.2, 0.25) is 0 Å². The van der Waals surface area contributed by atoms with Gasteiger partial charge in [-0.1, -0.05) is 26.0 Å². The highest BCUT2D eigenvalue weighted by atomic mass is 16.6. The molecule has 1 aromatic heterocycles. The van der Waals surface area contributed by atoms with Gasteiger partial charge in [0.05, 0.1) is 36.5 Å². The van der Waals surface area contributed by atoms with E-state index in [1.807, 2.05) is 63.1 Å². The number of methoxy groups -OCH3 is 1. The number of carbonyl (C=O) groups excluding carboxylic acids is 2. The van der Waals surface area contributed by atoms with Crippen LogP contribution in [0.4, 0.5) is 10.5 Å². The van der Waals surface area contributed by atoms with E-state index in [0.717, 1.165) is 22.5 Å². The van der Waals surface area contributed by atoms with Crippen molar-refractivity contribution in [1.29, 1.82) is 5.26 Å². The average molecular weight is 548 g/mol. The lowest BCUT2D eigenvalue weighted by Gasteiger charge is -2.45. The van der Waals surface area contributed by atoms with E-state index in [1.165, 1.54) is 0 Å². The molecule has 0 N–H and O–H groups in total. The van der Waals surface area contributed by atoms with Gasteiger partial charge in [-0.3, -0.25) is 14.7 Å². The number of benzene rings is 1. The highest BCUT2D eigenvalue weighted by Crippen LogP contribution is 2.40. The molecule has 9 nitrogen and oxygen atoms in total. The van der Waals surface area contributed by atoms with E-state index in [1.54, 1.807) is 18.1 Å². The highest BCUT2D eigenvalue weighted by molar-refractivity contribution is 5.97. The fourth-order valence-electron chi connectivity index (χ4n) is 5.56. The van der Waals surface area contributed by atoms with Crippen LogP contribution in [-0.2, 0) is 26.1 Å². The minimum Gasteiger partial charge on any atom is -0.444 e. The molecule has 0 bridgehead atoms. The summed E-state index contributed by atoms with van der Waals surface area (Å²) in [5.74, 6) is 0.00877. The number of carbonyl (C=O) groups is 2. The summed E-state index contributed by atoms with van der Waals surface area (Å²) >= 11 is 0. The summed E-state index contributed by atoms with van der Waals surface area (Å²) in [4.78, 5) is 37.2. The number of fused-ring (bicyclic) bond motifs is 1. The lowest BCUT2D eigenvalue weighted by Crippen LogP contribution is -2.62. The Balaban J connectivity index is 1.52. The first-order valence-corrected chi connectivity index (χ1v) is 13.8. The van der Waals surface area contributed by atoms with Gasteiger partial charge in [0.2, 0.25) is 5.91 Å². The molecular formula is C31H41N5O4. The van der Waals surface area contributed by atoms with E-state index in [2.05, 4.69) is 24.8 Å². The smallest absolute Gasteiger partial charge is 0.410 e. The Kier molecular flexibility index (Phi) is 8.52. The van der Waals surface area contributed by atoms with Crippen LogP contribution in [0, 0.1) is 11.3 Å². The van der Waals surface area contributed by atoms with Gasteiger partial charge < -0.3 is 19.3 Å². The molecule has 4 rings (SSSR count). The molecule has 0 unspecified atom stereocenters. The molecule has 9 heteroatoms. The largest absolute Gasteiger partial charge is 0.444 e. The summed E-state index contributed by atoms with van der Waals surface area (Å²) in [6.45, 7) is 14.0. The van der Waals surface area contributed by atoms with Gasteiger partial charge in [-0.15, -0.1) is 0 Å². The first kappa shape index (κ1) is 29.5. The van der Waals surface area contributed by atoms with Crippen molar-refractivity contribution in [1.82, 2.24) is 14.8 Å². The zero-order valence-corrected chi connectivity index (χ0v) is 24.7. The van der Waals surface area contributed by atoms with Crippen molar-refractivity contribution in [3.05, 3.63) is 58.9 Å². The van der Waals surface area contributed by atoms with E-state index in [-0.39, 0.29) is 36.0 Å². The molecule has 0 spiro atoms. The lowest BCUT2D eigenvalue weighted by atomic mass is 9.88. The van der Waals surface area contributed by atoms with Gasteiger partial charge >= 0.3 is 6.09 Å². The van der Waals surface area contributed by atoms with Crippen LogP contribution >= 0.6 is 0 Å². The van der Waals surface area contributed by atoms with E-state index >= 15 is 0 Å². The predicted octanol–water partition coefficient (Wildman–Crippen LogP) is 4.12. The number of amides is 2. The molecular weight excluding hydrogens is 506 g/mol. The maximum absolute atomic E-state index is 13.9. The number of piperazine rings is 1. The third-order valence-corrected chi connectivity index (χ3v) is 7.53. The zero-order chi connectivity index (χ0) is 29.2. The number of nitriles is 1. The maximum atomic E-state index is 13.9. The Morgan fingerprint density at radius 1 is 1.20 bits per heavy atom. The van der Waals surface area contributed by atoms with E-state index in [0.29, 0.717) is 38.2 Å². The summed E-state index contributed by atoms with van der Waals surface area (Å²) in [5.41, 5.74) is 3.59. The van der Waals surface area contributed by atoms with E-state index in [4.69, 9.17) is 14.5 Å².